The normalized spacial score (nSPS) is 17.6. The van der Waals surface area contributed by atoms with E-state index in [1.165, 1.54) is 15.6 Å². The van der Waals surface area contributed by atoms with E-state index >= 15 is 0 Å². The van der Waals surface area contributed by atoms with Crippen molar-refractivity contribution in [1.29, 1.82) is 0 Å². The Morgan fingerprint density at radius 2 is 1.89 bits per heavy atom. The van der Waals surface area contributed by atoms with E-state index in [2.05, 4.69) is 10.3 Å². The van der Waals surface area contributed by atoms with E-state index in [9.17, 15) is 13.2 Å². The van der Waals surface area contributed by atoms with Crippen LogP contribution in [0.3, 0.4) is 0 Å². The molecule has 0 bridgehead atoms. The molecule has 1 amide bonds. The van der Waals surface area contributed by atoms with Crippen LogP contribution >= 0.6 is 11.3 Å². The highest BCUT2D eigenvalue weighted by molar-refractivity contribution is 7.89. The van der Waals surface area contributed by atoms with Crippen LogP contribution in [0.1, 0.15) is 18.1 Å². The number of thiazole rings is 1. The number of anilines is 1. The van der Waals surface area contributed by atoms with E-state index in [1.54, 1.807) is 6.92 Å². The average Bonchev–Trinajstić information content (AvgIpc) is 3.09. The molecular weight excluding hydrogens is 382 g/mol. The third kappa shape index (κ3) is 3.47. The van der Waals surface area contributed by atoms with Crippen LogP contribution in [-0.2, 0) is 27.8 Å². The number of aromatic nitrogens is 1. The van der Waals surface area contributed by atoms with Crippen LogP contribution in [0.15, 0.2) is 48.5 Å². The van der Waals surface area contributed by atoms with Gasteiger partial charge in [0, 0.05) is 6.54 Å². The number of amides is 1. The molecule has 2 aromatic carbocycles. The van der Waals surface area contributed by atoms with Crippen molar-refractivity contribution in [1.82, 2.24) is 9.29 Å². The Morgan fingerprint density at radius 3 is 2.63 bits per heavy atom. The predicted molar refractivity (Wildman–Crippen MR) is 107 cm³/mol. The second-order valence-electron chi connectivity index (χ2n) is 6.41. The molecule has 27 heavy (non-hydrogen) atoms. The Morgan fingerprint density at radius 1 is 1.19 bits per heavy atom. The number of carbonyl (C=O) groups excluding carboxylic acids is 1. The fourth-order valence-corrected chi connectivity index (χ4v) is 5.39. The fourth-order valence-electron chi connectivity index (χ4n) is 3.29. The van der Waals surface area contributed by atoms with Crippen molar-refractivity contribution in [2.24, 2.45) is 0 Å². The number of hydrogen-bond donors (Lipinski definition) is 1. The summed E-state index contributed by atoms with van der Waals surface area (Å²) in [5, 5.41) is 3.30. The third-order valence-corrected chi connectivity index (χ3v) is 7.53. The minimum atomic E-state index is -3.52. The van der Waals surface area contributed by atoms with Crippen molar-refractivity contribution >= 4 is 42.6 Å². The molecular formula is C19H19N3O3S2. The molecule has 1 aliphatic heterocycles. The Hall–Kier alpha value is -2.29. The first-order valence-corrected chi connectivity index (χ1v) is 11.1. The van der Waals surface area contributed by atoms with Gasteiger partial charge in [-0.15, -0.1) is 0 Å². The fraction of sp³-hybridized carbons (Fsp3) is 0.263. The van der Waals surface area contributed by atoms with Gasteiger partial charge in [0.25, 0.3) is 0 Å². The first kappa shape index (κ1) is 18.1. The van der Waals surface area contributed by atoms with E-state index in [0.717, 1.165) is 21.3 Å². The monoisotopic (exact) mass is 401 g/mol. The zero-order valence-electron chi connectivity index (χ0n) is 14.8. The van der Waals surface area contributed by atoms with Gasteiger partial charge in [0.15, 0.2) is 5.13 Å². The molecule has 140 valence electrons. The Kier molecular flexibility index (Phi) is 4.71. The smallest absolute Gasteiger partial charge is 0.244 e. The van der Waals surface area contributed by atoms with Crippen LogP contribution in [-0.4, -0.2) is 35.4 Å². The molecule has 1 aromatic heterocycles. The maximum absolute atomic E-state index is 13.0. The van der Waals surface area contributed by atoms with Crippen LogP contribution in [0.4, 0.5) is 5.13 Å². The maximum atomic E-state index is 13.0. The summed E-state index contributed by atoms with van der Waals surface area (Å²) in [5.74, 6) is -0.388. The molecule has 1 N–H and O–H groups in total. The van der Waals surface area contributed by atoms with Gasteiger partial charge < -0.3 is 5.32 Å². The maximum Gasteiger partial charge on any atom is 0.244 e. The summed E-state index contributed by atoms with van der Waals surface area (Å²) in [7, 11) is -3.52. The molecule has 1 atom stereocenters. The summed E-state index contributed by atoms with van der Waals surface area (Å²) in [5.41, 5.74) is 2.76. The molecule has 6 nitrogen and oxygen atoms in total. The SMILES string of the molecule is CCS(=O)(=O)N1Cc2ccccc2C[C@@H]1C(=O)Nc1nc2ccccc2s1. The molecule has 0 unspecified atom stereocenters. The highest BCUT2D eigenvalue weighted by atomic mass is 32.2. The lowest BCUT2D eigenvalue weighted by atomic mass is 9.95. The minimum Gasteiger partial charge on any atom is -0.301 e. The molecule has 3 aromatic rings. The highest BCUT2D eigenvalue weighted by Gasteiger charge is 2.38. The number of fused-ring (bicyclic) bond motifs is 2. The number of nitrogens with one attached hydrogen (secondary N) is 1. The largest absolute Gasteiger partial charge is 0.301 e. The summed E-state index contributed by atoms with van der Waals surface area (Å²) in [6, 6.07) is 14.5. The van der Waals surface area contributed by atoms with Crippen molar-refractivity contribution in [2.45, 2.75) is 25.9 Å². The zero-order valence-corrected chi connectivity index (χ0v) is 16.4. The van der Waals surface area contributed by atoms with Gasteiger partial charge in [-0.2, -0.15) is 4.31 Å². The van der Waals surface area contributed by atoms with E-state index in [4.69, 9.17) is 0 Å². The number of hydrogen-bond acceptors (Lipinski definition) is 5. The van der Waals surface area contributed by atoms with Crippen LogP contribution in [0, 0.1) is 0 Å². The summed E-state index contributed by atoms with van der Waals surface area (Å²) in [6.07, 6.45) is 0.353. The second kappa shape index (κ2) is 7.03. The zero-order chi connectivity index (χ0) is 19.0. The molecule has 0 spiro atoms. The first-order valence-electron chi connectivity index (χ1n) is 8.70. The lowest BCUT2D eigenvalue weighted by Crippen LogP contribution is -2.51. The number of nitrogens with zero attached hydrogens (tertiary/aromatic N) is 2. The lowest BCUT2D eigenvalue weighted by Gasteiger charge is -2.34. The summed E-state index contributed by atoms with van der Waals surface area (Å²) >= 11 is 1.38. The van der Waals surface area contributed by atoms with Gasteiger partial charge in [0.05, 0.1) is 16.0 Å². The molecule has 0 saturated heterocycles. The Bertz CT molecular complexity index is 1080. The van der Waals surface area contributed by atoms with E-state index < -0.39 is 16.1 Å². The number of sulfonamides is 1. The van der Waals surface area contributed by atoms with Gasteiger partial charge in [-0.05, 0) is 36.6 Å². The second-order valence-corrected chi connectivity index (χ2v) is 9.65. The highest BCUT2D eigenvalue weighted by Crippen LogP contribution is 2.29. The van der Waals surface area contributed by atoms with E-state index in [1.807, 2.05) is 48.5 Å². The van der Waals surface area contributed by atoms with Gasteiger partial charge in [0.1, 0.15) is 6.04 Å². The van der Waals surface area contributed by atoms with Gasteiger partial charge in [0.2, 0.25) is 15.9 Å². The topological polar surface area (TPSA) is 79.4 Å². The summed E-state index contributed by atoms with van der Waals surface area (Å²) in [4.78, 5) is 17.4. The first-order chi connectivity index (χ1) is 13.0. The van der Waals surface area contributed by atoms with Crippen molar-refractivity contribution in [2.75, 3.05) is 11.1 Å². The predicted octanol–water partition coefficient (Wildman–Crippen LogP) is 3.01. The average molecular weight is 402 g/mol. The number of rotatable bonds is 4. The molecule has 0 aliphatic carbocycles. The molecule has 8 heteroatoms. The van der Waals surface area contributed by atoms with Crippen LogP contribution in [0.2, 0.25) is 0 Å². The quantitative estimate of drug-likeness (QED) is 0.729. The summed E-state index contributed by atoms with van der Waals surface area (Å²) < 4.78 is 27.5. The van der Waals surface area contributed by atoms with Gasteiger partial charge in [-0.3, -0.25) is 4.79 Å². The number of para-hydroxylation sites is 1. The van der Waals surface area contributed by atoms with Gasteiger partial charge >= 0.3 is 0 Å². The van der Waals surface area contributed by atoms with Crippen LogP contribution < -0.4 is 5.32 Å². The molecule has 4 rings (SSSR count). The lowest BCUT2D eigenvalue weighted by molar-refractivity contribution is -0.120. The molecule has 0 radical (unpaired) electrons. The van der Waals surface area contributed by atoms with Gasteiger partial charge in [-0.1, -0.05) is 47.7 Å². The van der Waals surface area contributed by atoms with Crippen molar-refractivity contribution in [3.05, 3.63) is 59.7 Å². The Labute approximate surface area is 161 Å². The molecule has 0 fully saturated rings. The van der Waals surface area contributed by atoms with Crippen molar-refractivity contribution < 1.29 is 13.2 Å². The van der Waals surface area contributed by atoms with Crippen molar-refractivity contribution in [3.8, 4) is 0 Å². The minimum absolute atomic E-state index is 0.0416. The number of carbonyl (C=O) groups is 1. The van der Waals surface area contributed by atoms with Crippen LogP contribution in [0.25, 0.3) is 10.2 Å². The Balaban J connectivity index is 1.65. The summed E-state index contributed by atoms with van der Waals surface area (Å²) in [6.45, 7) is 1.81. The molecule has 2 heterocycles. The third-order valence-electron chi connectivity index (χ3n) is 4.75. The van der Waals surface area contributed by atoms with E-state index in [-0.39, 0.29) is 18.2 Å². The van der Waals surface area contributed by atoms with E-state index in [0.29, 0.717) is 11.6 Å². The number of benzene rings is 2. The molecule has 0 saturated carbocycles. The van der Waals surface area contributed by atoms with Crippen LogP contribution in [0.5, 0.6) is 0 Å². The van der Waals surface area contributed by atoms with Crippen molar-refractivity contribution in [3.63, 3.8) is 0 Å². The van der Waals surface area contributed by atoms with Gasteiger partial charge in [-0.25, -0.2) is 13.4 Å². The standard InChI is InChI=1S/C19H19N3O3S2/c1-2-27(24,25)22-12-14-8-4-3-7-13(14)11-16(22)18(23)21-19-20-15-9-5-6-10-17(15)26-19/h3-10,16H,2,11-12H2,1H3,(H,20,21,23)/t16-/m1/s1. The molecule has 1 aliphatic rings.